The molecule has 7 aromatic carbocycles. The molecule has 0 N–H and O–H groups in total. The molecule has 8 aromatic rings. The number of imidazole rings is 1. The van der Waals surface area contributed by atoms with Crippen LogP contribution in [0.3, 0.4) is 0 Å². The third kappa shape index (κ3) is 5.47. The van der Waals surface area contributed by atoms with Gasteiger partial charge in [0, 0.05) is 11.1 Å². The van der Waals surface area contributed by atoms with E-state index < -0.39 is 0 Å². The summed E-state index contributed by atoms with van der Waals surface area (Å²) in [5.41, 5.74) is 10.1. The van der Waals surface area contributed by atoms with Crippen LogP contribution in [0.1, 0.15) is 56.2 Å². The summed E-state index contributed by atoms with van der Waals surface area (Å²) < 4.78 is 25.8. The number of halogens is 1. The lowest BCUT2D eigenvalue weighted by Gasteiger charge is -2.25. The van der Waals surface area contributed by atoms with Crippen molar-refractivity contribution in [1.29, 1.82) is 0 Å². The fourth-order valence-electron chi connectivity index (χ4n) is 7.62. The van der Waals surface area contributed by atoms with Crippen LogP contribution in [0, 0.1) is 12.7 Å². The van der Waals surface area contributed by atoms with Crippen molar-refractivity contribution in [3.63, 3.8) is 0 Å². The van der Waals surface area contributed by atoms with E-state index in [0.29, 0.717) is 22.7 Å². The number of hydrogen-bond acceptors (Lipinski definition) is 2. The van der Waals surface area contributed by atoms with Gasteiger partial charge in [0.25, 0.3) is 0 Å². The van der Waals surface area contributed by atoms with Gasteiger partial charge in [0.1, 0.15) is 17.4 Å². The van der Waals surface area contributed by atoms with Crippen molar-refractivity contribution >= 4 is 32.6 Å². The van der Waals surface area contributed by atoms with E-state index in [0.717, 1.165) is 49.4 Å². The minimum Gasteiger partial charge on any atom is -0.496 e. The van der Waals surface area contributed by atoms with Crippen LogP contribution in [-0.2, 0) is 0 Å². The Balaban J connectivity index is 1.41. The predicted molar refractivity (Wildman–Crippen MR) is 212 cm³/mol. The van der Waals surface area contributed by atoms with Crippen LogP contribution in [0.2, 0.25) is 0 Å². The van der Waals surface area contributed by atoms with Crippen LogP contribution in [0.25, 0.3) is 71.9 Å². The van der Waals surface area contributed by atoms with E-state index in [-0.39, 0.29) is 17.7 Å². The van der Waals surface area contributed by atoms with Crippen molar-refractivity contribution in [3.8, 4) is 45.1 Å². The third-order valence-corrected chi connectivity index (χ3v) is 10.2. The van der Waals surface area contributed by atoms with Crippen molar-refractivity contribution in [2.75, 3.05) is 7.11 Å². The van der Waals surface area contributed by atoms with Gasteiger partial charge < -0.3 is 4.74 Å². The number of fused-ring (bicyclic) bond motifs is 4. The van der Waals surface area contributed by atoms with Gasteiger partial charge in [-0.2, -0.15) is 0 Å². The van der Waals surface area contributed by atoms with Gasteiger partial charge in [-0.15, -0.1) is 0 Å². The maximum Gasteiger partial charge on any atom is 0.148 e. The summed E-state index contributed by atoms with van der Waals surface area (Å²) in [5, 5.41) is 4.40. The van der Waals surface area contributed by atoms with E-state index in [1.165, 1.54) is 22.3 Å². The van der Waals surface area contributed by atoms with Crippen LogP contribution in [0.4, 0.5) is 4.39 Å². The van der Waals surface area contributed by atoms with Crippen LogP contribution in [0.5, 0.6) is 5.75 Å². The normalized spacial score (nSPS) is 11.8. The van der Waals surface area contributed by atoms with Gasteiger partial charge in [-0.25, -0.2) is 9.37 Å². The second kappa shape index (κ2) is 12.9. The Morgan fingerprint density at radius 1 is 0.627 bits per heavy atom. The SMILES string of the molecule is COc1cc2c(ccc3ccccc32)cc1-c1c(C)ccc(-c2nc3ccccc3n2-c2c(C(C)C)cc(-c3ccccc3)cc2C(C)C)c1F. The number of aromatic nitrogens is 2. The first-order valence-electron chi connectivity index (χ1n) is 17.8. The van der Waals surface area contributed by atoms with E-state index >= 15 is 4.39 Å². The number of aryl methyl sites for hydroxylation is 1. The molecule has 0 aliphatic heterocycles. The Kier molecular flexibility index (Phi) is 8.18. The molecule has 0 saturated carbocycles. The number of para-hydroxylation sites is 2. The summed E-state index contributed by atoms with van der Waals surface area (Å²) in [6, 6.07) is 43.8. The number of ether oxygens (including phenoxy) is 1. The molecular formula is C47H41FN2O. The topological polar surface area (TPSA) is 27.1 Å². The molecule has 0 radical (unpaired) electrons. The molecule has 0 atom stereocenters. The Morgan fingerprint density at radius 3 is 2.02 bits per heavy atom. The second-order valence-corrected chi connectivity index (χ2v) is 14.1. The zero-order chi connectivity index (χ0) is 35.4. The maximum absolute atomic E-state index is 17.6. The number of benzene rings is 7. The molecule has 1 heterocycles. The lowest BCUT2D eigenvalue weighted by molar-refractivity contribution is 0.417. The fourth-order valence-corrected chi connectivity index (χ4v) is 7.62. The first-order valence-corrected chi connectivity index (χ1v) is 17.8. The molecule has 3 nitrogen and oxygen atoms in total. The highest BCUT2D eigenvalue weighted by Gasteiger charge is 2.27. The van der Waals surface area contributed by atoms with Crippen LogP contribution in [-0.4, -0.2) is 16.7 Å². The van der Waals surface area contributed by atoms with Crippen molar-refractivity contribution in [1.82, 2.24) is 9.55 Å². The van der Waals surface area contributed by atoms with Crippen LogP contribution in [0.15, 0.2) is 127 Å². The first-order chi connectivity index (χ1) is 24.7. The summed E-state index contributed by atoms with van der Waals surface area (Å²) in [6.07, 6.45) is 0. The van der Waals surface area contributed by atoms with E-state index in [9.17, 15) is 0 Å². The van der Waals surface area contributed by atoms with Gasteiger partial charge in [-0.3, -0.25) is 4.57 Å². The minimum absolute atomic E-state index is 0.201. The second-order valence-electron chi connectivity index (χ2n) is 14.1. The number of nitrogens with zero attached hydrogens (tertiary/aromatic N) is 2. The number of rotatable bonds is 7. The molecule has 0 aliphatic carbocycles. The molecule has 0 aliphatic rings. The Labute approximate surface area is 299 Å². The monoisotopic (exact) mass is 668 g/mol. The third-order valence-electron chi connectivity index (χ3n) is 10.2. The number of methoxy groups -OCH3 is 1. The van der Waals surface area contributed by atoms with Gasteiger partial charge in [0.2, 0.25) is 0 Å². The van der Waals surface area contributed by atoms with E-state index in [4.69, 9.17) is 9.72 Å². The van der Waals surface area contributed by atoms with Gasteiger partial charge in [-0.1, -0.05) is 113 Å². The van der Waals surface area contributed by atoms with Crippen molar-refractivity contribution < 1.29 is 9.13 Å². The van der Waals surface area contributed by atoms with Crippen molar-refractivity contribution in [3.05, 3.63) is 150 Å². The zero-order valence-electron chi connectivity index (χ0n) is 30.0. The largest absolute Gasteiger partial charge is 0.496 e. The van der Waals surface area contributed by atoms with E-state index in [2.05, 4.69) is 105 Å². The molecule has 0 spiro atoms. The zero-order valence-corrected chi connectivity index (χ0v) is 30.0. The quantitative estimate of drug-likeness (QED) is 0.158. The average molecular weight is 669 g/mol. The molecular weight excluding hydrogens is 628 g/mol. The van der Waals surface area contributed by atoms with Crippen molar-refractivity contribution in [2.24, 2.45) is 0 Å². The van der Waals surface area contributed by atoms with E-state index in [1.807, 2.05) is 61.5 Å². The van der Waals surface area contributed by atoms with Gasteiger partial charge in [-0.05, 0) is 111 Å². The van der Waals surface area contributed by atoms with Crippen molar-refractivity contribution in [2.45, 2.75) is 46.5 Å². The highest BCUT2D eigenvalue weighted by Crippen LogP contribution is 2.44. The highest BCUT2D eigenvalue weighted by molar-refractivity contribution is 6.09. The summed E-state index contributed by atoms with van der Waals surface area (Å²) >= 11 is 0. The average Bonchev–Trinajstić information content (AvgIpc) is 3.53. The summed E-state index contributed by atoms with van der Waals surface area (Å²) in [7, 11) is 1.66. The predicted octanol–water partition coefficient (Wildman–Crippen LogP) is 13.0. The van der Waals surface area contributed by atoms with Crippen LogP contribution < -0.4 is 4.74 Å². The molecule has 0 saturated heterocycles. The lowest BCUT2D eigenvalue weighted by Crippen LogP contribution is -2.10. The molecule has 252 valence electrons. The van der Waals surface area contributed by atoms with E-state index in [1.54, 1.807) is 7.11 Å². The Hall–Kier alpha value is -5.74. The molecule has 0 amide bonds. The molecule has 0 unspecified atom stereocenters. The Bertz CT molecular complexity index is 2570. The molecule has 0 fully saturated rings. The number of hydrogen-bond donors (Lipinski definition) is 0. The molecule has 51 heavy (non-hydrogen) atoms. The van der Waals surface area contributed by atoms with Gasteiger partial charge in [0.15, 0.2) is 0 Å². The minimum atomic E-state index is -0.317. The molecule has 1 aromatic heterocycles. The smallest absolute Gasteiger partial charge is 0.148 e. The van der Waals surface area contributed by atoms with Gasteiger partial charge >= 0.3 is 0 Å². The maximum atomic E-state index is 17.6. The Morgan fingerprint density at radius 2 is 1.29 bits per heavy atom. The highest BCUT2D eigenvalue weighted by atomic mass is 19.1. The first kappa shape index (κ1) is 32.5. The molecule has 8 rings (SSSR count). The lowest BCUT2D eigenvalue weighted by atomic mass is 9.88. The molecule has 0 bridgehead atoms. The summed E-state index contributed by atoms with van der Waals surface area (Å²) in [5.74, 6) is 1.30. The summed E-state index contributed by atoms with van der Waals surface area (Å²) in [4.78, 5) is 5.18. The van der Waals surface area contributed by atoms with Gasteiger partial charge in [0.05, 0.1) is 29.4 Å². The summed E-state index contributed by atoms with van der Waals surface area (Å²) in [6.45, 7) is 10.9. The molecule has 4 heteroatoms. The van der Waals surface area contributed by atoms with Crippen LogP contribution >= 0.6 is 0 Å². The standard InChI is InChI=1S/C47H41FN2O/c1-28(2)37-25-34(31-14-8-7-9-15-31)26-38(29(3)4)46(37)50-42-19-13-12-18-41(42)49-47(50)36-23-20-30(5)44(45(36)48)40-24-33-22-21-32-16-10-11-17-35(32)39(33)27-43(40)51-6/h7-29H,1-6H3. The fraction of sp³-hybridized carbons (Fsp3) is 0.170.